The summed E-state index contributed by atoms with van der Waals surface area (Å²) in [6, 6.07) is 13.4. The lowest BCUT2D eigenvalue weighted by molar-refractivity contribution is -0.274. The summed E-state index contributed by atoms with van der Waals surface area (Å²) in [5.41, 5.74) is 1.51. The first-order chi connectivity index (χ1) is 15.1. The van der Waals surface area contributed by atoms with Crippen LogP contribution < -0.4 is 14.8 Å². The standard InChI is InChI=1S/C20H19F3N4O4S/c21-20(22,23)31-17-6-8-18(9-7-17)32(29,30)25-11-10-19(28)26-16-12-24-27(14-16)13-15-4-2-1-3-5-15/h1-9,12,14,25H,10-11,13H2,(H,26,28). The molecule has 32 heavy (non-hydrogen) atoms. The molecule has 0 aliphatic rings. The zero-order chi connectivity index (χ0) is 23.2. The van der Waals surface area contributed by atoms with Gasteiger partial charge in [-0.1, -0.05) is 30.3 Å². The molecule has 0 saturated carbocycles. The van der Waals surface area contributed by atoms with E-state index in [2.05, 4.69) is 19.9 Å². The minimum atomic E-state index is -4.87. The van der Waals surface area contributed by atoms with E-state index >= 15 is 0 Å². The summed E-state index contributed by atoms with van der Waals surface area (Å²) in [6.07, 6.45) is -1.89. The Hall–Kier alpha value is -3.38. The van der Waals surface area contributed by atoms with Crippen LogP contribution >= 0.6 is 0 Å². The summed E-state index contributed by atoms with van der Waals surface area (Å²) in [5, 5.41) is 6.79. The molecule has 1 aromatic heterocycles. The van der Waals surface area contributed by atoms with Crippen LogP contribution in [0.3, 0.4) is 0 Å². The second kappa shape index (κ2) is 9.83. The van der Waals surface area contributed by atoms with Crippen molar-refractivity contribution in [2.75, 3.05) is 11.9 Å². The second-order valence-corrected chi connectivity index (χ2v) is 8.39. The molecule has 0 fully saturated rings. The van der Waals surface area contributed by atoms with Crippen LogP contribution in [0.5, 0.6) is 5.75 Å². The maximum absolute atomic E-state index is 12.2. The van der Waals surface area contributed by atoms with E-state index in [1.54, 1.807) is 10.9 Å². The molecule has 3 aromatic rings. The number of halogens is 3. The lowest BCUT2D eigenvalue weighted by Gasteiger charge is -2.10. The number of hydrogen-bond acceptors (Lipinski definition) is 5. The van der Waals surface area contributed by atoms with E-state index in [1.807, 2.05) is 30.3 Å². The Morgan fingerprint density at radius 2 is 1.75 bits per heavy atom. The minimum Gasteiger partial charge on any atom is -0.406 e. The predicted molar refractivity (Wildman–Crippen MR) is 109 cm³/mol. The smallest absolute Gasteiger partial charge is 0.406 e. The van der Waals surface area contributed by atoms with Crippen molar-refractivity contribution in [2.24, 2.45) is 0 Å². The van der Waals surface area contributed by atoms with Gasteiger partial charge in [0.15, 0.2) is 0 Å². The normalized spacial score (nSPS) is 11.8. The molecule has 12 heteroatoms. The van der Waals surface area contributed by atoms with Crippen LogP contribution in [-0.4, -0.2) is 37.0 Å². The third-order valence-corrected chi connectivity index (χ3v) is 5.59. The third-order valence-electron chi connectivity index (χ3n) is 4.12. The lowest BCUT2D eigenvalue weighted by atomic mass is 10.2. The molecule has 0 atom stereocenters. The Labute approximate surface area is 182 Å². The van der Waals surface area contributed by atoms with Gasteiger partial charge in [0.25, 0.3) is 0 Å². The molecule has 0 unspecified atom stereocenters. The molecular formula is C20H19F3N4O4S. The Kier molecular flexibility index (Phi) is 7.15. The summed E-state index contributed by atoms with van der Waals surface area (Å²) < 4.78 is 68.6. The summed E-state index contributed by atoms with van der Waals surface area (Å²) in [5.74, 6) is -0.968. The van der Waals surface area contributed by atoms with E-state index < -0.39 is 28.0 Å². The Bertz CT molecular complexity index is 1150. The topological polar surface area (TPSA) is 102 Å². The number of sulfonamides is 1. The van der Waals surface area contributed by atoms with Gasteiger partial charge in [-0.3, -0.25) is 9.48 Å². The van der Waals surface area contributed by atoms with Gasteiger partial charge in [0.05, 0.1) is 23.3 Å². The van der Waals surface area contributed by atoms with Crippen molar-refractivity contribution in [3.63, 3.8) is 0 Å². The first kappa shape index (κ1) is 23.3. The van der Waals surface area contributed by atoms with Crippen LogP contribution in [0.1, 0.15) is 12.0 Å². The van der Waals surface area contributed by atoms with Gasteiger partial charge in [0.2, 0.25) is 15.9 Å². The molecule has 0 aliphatic heterocycles. The summed E-state index contributed by atoms with van der Waals surface area (Å²) in [4.78, 5) is 11.8. The molecule has 2 N–H and O–H groups in total. The van der Waals surface area contributed by atoms with Crippen molar-refractivity contribution in [1.29, 1.82) is 0 Å². The van der Waals surface area contributed by atoms with E-state index in [0.717, 1.165) is 29.8 Å². The quantitative estimate of drug-likeness (QED) is 0.502. The minimum absolute atomic E-state index is 0.154. The fraction of sp³-hybridized carbons (Fsp3) is 0.200. The van der Waals surface area contributed by atoms with Gasteiger partial charge in [-0.05, 0) is 29.8 Å². The third kappa shape index (κ3) is 7.10. The van der Waals surface area contributed by atoms with Gasteiger partial charge >= 0.3 is 6.36 Å². The number of carbonyl (C=O) groups is 1. The van der Waals surface area contributed by atoms with E-state index in [4.69, 9.17) is 0 Å². The monoisotopic (exact) mass is 468 g/mol. The number of hydrogen-bond donors (Lipinski definition) is 2. The summed E-state index contributed by atoms with van der Waals surface area (Å²) in [6.45, 7) is 0.330. The Morgan fingerprint density at radius 1 is 1.06 bits per heavy atom. The van der Waals surface area contributed by atoms with Gasteiger partial charge in [0.1, 0.15) is 5.75 Å². The van der Waals surface area contributed by atoms with Crippen molar-refractivity contribution < 1.29 is 31.1 Å². The van der Waals surface area contributed by atoms with Gasteiger partial charge in [-0.25, -0.2) is 13.1 Å². The van der Waals surface area contributed by atoms with Gasteiger partial charge in [0, 0.05) is 19.2 Å². The highest BCUT2D eigenvalue weighted by Crippen LogP contribution is 2.23. The van der Waals surface area contributed by atoms with Crippen molar-refractivity contribution in [3.8, 4) is 5.75 Å². The molecule has 170 valence electrons. The number of anilines is 1. The van der Waals surface area contributed by atoms with Crippen molar-refractivity contribution in [2.45, 2.75) is 24.2 Å². The first-order valence-electron chi connectivity index (χ1n) is 9.32. The van der Waals surface area contributed by atoms with Crippen LogP contribution in [-0.2, 0) is 21.4 Å². The lowest BCUT2D eigenvalue weighted by Crippen LogP contribution is -2.27. The van der Waals surface area contributed by atoms with E-state index in [9.17, 15) is 26.4 Å². The van der Waals surface area contributed by atoms with Gasteiger partial charge < -0.3 is 10.1 Å². The highest BCUT2D eigenvalue weighted by atomic mass is 32.2. The SMILES string of the molecule is O=C(CCNS(=O)(=O)c1ccc(OC(F)(F)F)cc1)Nc1cnn(Cc2ccccc2)c1. The molecule has 0 aliphatic carbocycles. The van der Waals surface area contributed by atoms with E-state index in [-0.39, 0.29) is 17.9 Å². The maximum Gasteiger partial charge on any atom is 0.573 e. The number of nitrogens with one attached hydrogen (secondary N) is 2. The number of amides is 1. The molecule has 3 rings (SSSR count). The molecule has 1 amide bonds. The molecule has 1 heterocycles. The molecule has 0 radical (unpaired) electrons. The molecular weight excluding hydrogens is 449 g/mol. The average Bonchev–Trinajstić information content (AvgIpc) is 3.14. The van der Waals surface area contributed by atoms with E-state index in [1.165, 1.54) is 6.20 Å². The second-order valence-electron chi connectivity index (χ2n) is 6.63. The number of ether oxygens (including phenoxy) is 1. The number of aromatic nitrogens is 2. The molecule has 0 bridgehead atoms. The van der Waals surface area contributed by atoms with Crippen molar-refractivity contribution >= 4 is 21.6 Å². The fourth-order valence-electron chi connectivity index (χ4n) is 2.71. The average molecular weight is 468 g/mol. The number of rotatable bonds is 9. The molecule has 2 aromatic carbocycles. The largest absolute Gasteiger partial charge is 0.573 e. The zero-order valence-electron chi connectivity index (χ0n) is 16.5. The predicted octanol–water partition coefficient (Wildman–Crippen LogP) is 3.14. The summed E-state index contributed by atoms with van der Waals surface area (Å²) >= 11 is 0. The number of nitrogens with zero attached hydrogens (tertiary/aromatic N) is 2. The maximum atomic E-state index is 12.2. The number of alkyl halides is 3. The Balaban J connectivity index is 1.47. The van der Waals surface area contributed by atoms with Gasteiger partial charge in [-0.15, -0.1) is 13.2 Å². The number of benzene rings is 2. The zero-order valence-corrected chi connectivity index (χ0v) is 17.4. The molecule has 8 nitrogen and oxygen atoms in total. The number of carbonyl (C=O) groups excluding carboxylic acids is 1. The first-order valence-corrected chi connectivity index (χ1v) is 10.8. The summed E-state index contributed by atoms with van der Waals surface area (Å²) in [7, 11) is -4.00. The van der Waals surface area contributed by atoms with Crippen LogP contribution in [0.2, 0.25) is 0 Å². The highest BCUT2D eigenvalue weighted by Gasteiger charge is 2.31. The van der Waals surface area contributed by atoms with Gasteiger partial charge in [-0.2, -0.15) is 5.10 Å². The highest BCUT2D eigenvalue weighted by molar-refractivity contribution is 7.89. The van der Waals surface area contributed by atoms with Crippen molar-refractivity contribution in [3.05, 3.63) is 72.6 Å². The fourth-order valence-corrected chi connectivity index (χ4v) is 3.74. The Morgan fingerprint density at radius 3 is 2.41 bits per heavy atom. The van der Waals surface area contributed by atoms with Crippen molar-refractivity contribution in [1.82, 2.24) is 14.5 Å². The molecule has 0 spiro atoms. The van der Waals surface area contributed by atoms with E-state index in [0.29, 0.717) is 12.2 Å². The van der Waals surface area contributed by atoms with Crippen LogP contribution in [0.4, 0.5) is 18.9 Å². The van der Waals surface area contributed by atoms with Crippen LogP contribution in [0.25, 0.3) is 0 Å². The van der Waals surface area contributed by atoms with Crippen LogP contribution in [0.15, 0.2) is 71.9 Å². The molecule has 0 saturated heterocycles. The van der Waals surface area contributed by atoms with Crippen LogP contribution in [0, 0.1) is 0 Å².